The van der Waals surface area contributed by atoms with E-state index in [-0.39, 0.29) is 5.38 Å². The first-order valence-corrected chi connectivity index (χ1v) is 7.40. The fraction of sp³-hybridized carbons (Fsp3) is 0.600. The molecule has 102 valence electrons. The van der Waals surface area contributed by atoms with E-state index >= 15 is 0 Å². The summed E-state index contributed by atoms with van der Waals surface area (Å²) in [7, 11) is 0. The van der Waals surface area contributed by atoms with Crippen LogP contribution < -0.4 is 0 Å². The van der Waals surface area contributed by atoms with Gasteiger partial charge in [-0.15, -0.1) is 11.6 Å². The van der Waals surface area contributed by atoms with E-state index in [1.807, 2.05) is 26.0 Å². The molecule has 0 bridgehead atoms. The smallest absolute Gasteiger partial charge is 0.160 e. The number of pyridine rings is 1. The Morgan fingerprint density at radius 3 is 2.68 bits per heavy atom. The lowest BCUT2D eigenvalue weighted by atomic mass is 9.70. The minimum atomic E-state index is -0.0850. The summed E-state index contributed by atoms with van der Waals surface area (Å²) < 4.78 is 2.24. The van der Waals surface area contributed by atoms with Crippen LogP contribution in [0.15, 0.2) is 12.1 Å². The quantitative estimate of drug-likeness (QED) is 0.786. The first-order valence-electron chi connectivity index (χ1n) is 6.96. The van der Waals surface area contributed by atoms with Crippen LogP contribution >= 0.6 is 11.6 Å². The van der Waals surface area contributed by atoms with E-state index in [9.17, 15) is 0 Å². The summed E-state index contributed by atoms with van der Waals surface area (Å²) in [4.78, 5) is 9.33. The lowest BCUT2D eigenvalue weighted by Gasteiger charge is -2.39. The van der Waals surface area contributed by atoms with Gasteiger partial charge < -0.3 is 4.57 Å². The number of hydrogen-bond donors (Lipinski definition) is 0. The highest BCUT2D eigenvalue weighted by atomic mass is 35.5. The highest BCUT2D eigenvalue weighted by Gasteiger charge is 2.33. The lowest BCUT2D eigenvalue weighted by Crippen LogP contribution is -2.31. The Morgan fingerprint density at radius 1 is 1.37 bits per heavy atom. The highest BCUT2D eigenvalue weighted by Crippen LogP contribution is 2.43. The number of aryl methyl sites for hydroxylation is 1. The maximum atomic E-state index is 6.30. The van der Waals surface area contributed by atoms with E-state index in [0.29, 0.717) is 5.41 Å². The van der Waals surface area contributed by atoms with Crippen LogP contribution in [0.1, 0.15) is 50.0 Å². The van der Waals surface area contributed by atoms with Crippen LogP contribution in [0.25, 0.3) is 11.2 Å². The van der Waals surface area contributed by atoms with Gasteiger partial charge in [-0.05, 0) is 44.2 Å². The Labute approximate surface area is 119 Å². The van der Waals surface area contributed by atoms with Crippen molar-refractivity contribution >= 4 is 22.8 Å². The summed E-state index contributed by atoms with van der Waals surface area (Å²) in [5.74, 6) is 0.947. The molecular formula is C15H20ClN3. The van der Waals surface area contributed by atoms with E-state index < -0.39 is 0 Å². The van der Waals surface area contributed by atoms with Crippen LogP contribution in [0.3, 0.4) is 0 Å². The molecule has 3 rings (SSSR count). The van der Waals surface area contributed by atoms with E-state index in [2.05, 4.69) is 21.5 Å². The zero-order chi connectivity index (χ0) is 13.6. The van der Waals surface area contributed by atoms with Crippen LogP contribution in [0, 0.1) is 12.3 Å². The van der Waals surface area contributed by atoms with Gasteiger partial charge in [-0.2, -0.15) is 0 Å². The second-order valence-corrected chi connectivity index (χ2v) is 6.79. The number of imidazole rings is 1. The second-order valence-electron chi connectivity index (χ2n) is 6.13. The van der Waals surface area contributed by atoms with E-state index in [1.165, 1.54) is 19.3 Å². The summed E-state index contributed by atoms with van der Waals surface area (Å²) in [6.45, 7) is 7.33. The maximum absolute atomic E-state index is 6.30. The topological polar surface area (TPSA) is 30.7 Å². The van der Waals surface area contributed by atoms with Crippen molar-refractivity contribution in [1.29, 1.82) is 0 Å². The molecule has 0 aliphatic heterocycles. The Balaban J connectivity index is 2.12. The van der Waals surface area contributed by atoms with Crippen molar-refractivity contribution in [1.82, 2.24) is 14.5 Å². The van der Waals surface area contributed by atoms with Gasteiger partial charge in [0.2, 0.25) is 0 Å². The molecule has 1 saturated carbocycles. The molecule has 0 N–H and O–H groups in total. The van der Waals surface area contributed by atoms with Crippen LogP contribution in [-0.4, -0.2) is 14.5 Å². The molecule has 2 aromatic rings. The number of fused-ring (bicyclic) bond motifs is 1. The predicted octanol–water partition coefficient (Wildman–Crippen LogP) is 4.23. The summed E-state index contributed by atoms with van der Waals surface area (Å²) in [6.07, 6.45) is 3.91. The van der Waals surface area contributed by atoms with Crippen molar-refractivity contribution in [3.8, 4) is 0 Å². The van der Waals surface area contributed by atoms with Gasteiger partial charge in [0.15, 0.2) is 5.65 Å². The average molecular weight is 278 g/mol. The van der Waals surface area contributed by atoms with Crippen LogP contribution in [0.5, 0.6) is 0 Å². The van der Waals surface area contributed by atoms with Crippen LogP contribution in [0.2, 0.25) is 0 Å². The van der Waals surface area contributed by atoms with Crippen molar-refractivity contribution < 1.29 is 0 Å². The molecule has 0 saturated heterocycles. The first kappa shape index (κ1) is 12.9. The number of halogens is 1. The van der Waals surface area contributed by atoms with Crippen molar-refractivity contribution in [3.63, 3.8) is 0 Å². The summed E-state index contributed by atoms with van der Waals surface area (Å²) in [5.41, 5.74) is 3.35. The first-order chi connectivity index (χ1) is 8.98. The molecular weight excluding hydrogens is 258 g/mol. The molecule has 0 amide bonds. The number of rotatable bonds is 3. The van der Waals surface area contributed by atoms with Gasteiger partial charge in [-0.1, -0.05) is 13.3 Å². The number of nitrogens with zero attached hydrogens (tertiary/aromatic N) is 3. The van der Waals surface area contributed by atoms with Crippen molar-refractivity contribution in [2.45, 2.75) is 52.0 Å². The monoisotopic (exact) mass is 277 g/mol. The third kappa shape index (κ3) is 2.25. The molecule has 2 aromatic heterocycles. The third-order valence-corrected chi connectivity index (χ3v) is 4.41. The molecule has 0 radical (unpaired) electrons. The van der Waals surface area contributed by atoms with Crippen molar-refractivity contribution in [3.05, 3.63) is 23.7 Å². The molecule has 0 spiro atoms. The zero-order valence-electron chi connectivity index (χ0n) is 11.8. The van der Waals surface area contributed by atoms with E-state index in [0.717, 1.165) is 29.2 Å². The number of hydrogen-bond acceptors (Lipinski definition) is 2. The third-order valence-electron chi connectivity index (χ3n) is 4.22. The fourth-order valence-corrected chi connectivity index (χ4v) is 3.06. The summed E-state index contributed by atoms with van der Waals surface area (Å²) in [5, 5.41) is -0.0850. The van der Waals surface area contributed by atoms with Crippen molar-refractivity contribution in [2.75, 3.05) is 0 Å². The average Bonchev–Trinajstić information content (AvgIpc) is 2.66. The van der Waals surface area contributed by atoms with Gasteiger partial charge in [0.05, 0.1) is 5.38 Å². The Morgan fingerprint density at radius 2 is 2.11 bits per heavy atom. The highest BCUT2D eigenvalue weighted by molar-refractivity contribution is 6.20. The Bertz CT molecular complexity index is 611. The molecule has 3 nitrogen and oxygen atoms in total. The number of aromatic nitrogens is 3. The Kier molecular flexibility index (Phi) is 3.05. The molecule has 1 atom stereocenters. The molecule has 0 aromatic carbocycles. The molecule has 1 fully saturated rings. The standard InChI is InChI=1S/C15H20ClN3/c1-10-5-6-12-14(17-10)19(13(18-12)11(2)16)9-15(3)7-4-8-15/h5-6,11H,4,7-9H2,1-3H3. The lowest BCUT2D eigenvalue weighted by molar-refractivity contribution is 0.132. The van der Waals surface area contributed by atoms with E-state index in [1.54, 1.807) is 0 Å². The normalized spacial score (nSPS) is 19.4. The van der Waals surface area contributed by atoms with Crippen LogP contribution in [-0.2, 0) is 6.54 Å². The molecule has 1 aliphatic rings. The van der Waals surface area contributed by atoms with Gasteiger partial charge in [0, 0.05) is 12.2 Å². The van der Waals surface area contributed by atoms with E-state index in [4.69, 9.17) is 11.6 Å². The molecule has 4 heteroatoms. The molecule has 19 heavy (non-hydrogen) atoms. The van der Waals surface area contributed by atoms with Gasteiger partial charge in [-0.3, -0.25) is 0 Å². The SMILES string of the molecule is Cc1ccc2nc(C(C)Cl)n(CC3(C)CCC3)c2n1. The molecule has 1 aliphatic carbocycles. The summed E-state index contributed by atoms with van der Waals surface area (Å²) in [6, 6.07) is 4.05. The number of alkyl halides is 1. The van der Waals surface area contributed by atoms with Gasteiger partial charge in [0.25, 0.3) is 0 Å². The maximum Gasteiger partial charge on any atom is 0.160 e. The molecule has 1 unspecified atom stereocenters. The zero-order valence-corrected chi connectivity index (χ0v) is 12.5. The fourth-order valence-electron chi connectivity index (χ4n) is 2.89. The predicted molar refractivity (Wildman–Crippen MR) is 78.5 cm³/mol. The second kappa shape index (κ2) is 4.48. The summed E-state index contributed by atoms with van der Waals surface area (Å²) >= 11 is 6.30. The van der Waals surface area contributed by atoms with Gasteiger partial charge >= 0.3 is 0 Å². The minimum absolute atomic E-state index is 0.0850. The van der Waals surface area contributed by atoms with Crippen molar-refractivity contribution in [2.24, 2.45) is 5.41 Å². The Hall–Kier alpha value is -1.09. The minimum Gasteiger partial charge on any atom is -0.311 e. The van der Waals surface area contributed by atoms with Gasteiger partial charge in [0.1, 0.15) is 11.3 Å². The van der Waals surface area contributed by atoms with Gasteiger partial charge in [-0.25, -0.2) is 9.97 Å². The molecule has 2 heterocycles. The largest absolute Gasteiger partial charge is 0.311 e. The van der Waals surface area contributed by atoms with Crippen LogP contribution in [0.4, 0.5) is 0 Å².